The van der Waals surface area contributed by atoms with Crippen molar-refractivity contribution in [3.63, 3.8) is 0 Å². The van der Waals surface area contributed by atoms with Crippen LogP contribution in [0.25, 0.3) is 0 Å². The first-order valence-corrected chi connectivity index (χ1v) is 7.00. The lowest BCUT2D eigenvalue weighted by Crippen LogP contribution is -2.49. The van der Waals surface area contributed by atoms with E-state index in [4.69, 9.17) is 28.9 Å². The molecule has 1 fully saturated rings. The minimum atomic E-state index is -0.141. The third-order valence-corrected chi connectivity index (χ3v) is 3.73. The summed E-state index contributed by atoms with van der Waals surface area (Å²) >= 11 is 11.8. The number of rotatable bonds is 1. The number of halogens is 2. The Morgan fingerprint density at radius 3 is 2.58 bits per heavy atom. The van der Waals surface area contributed by atoms with Crippen molar-refractivity contribution in [3.8, 4) is 0 Å². The molecule has 2 amide bonds. The van der Waals surface area contributed by atoms with Gasteiger partial charge in [-0.2, -0.15) is 0 Å². The van der Waals surface area contributed by atoms with Gasteiger partial charge >= 0.3 is 6.03 Å². The predicted octanol–water partition coefficient (Wildman–Crippen LogP) is 3.34. The zero-order chi connectivity index (χ0) is 14.0. The highest BCUT2D eigenvalue weighted by molar-refractivity contribution is 6.35. The third kappa shape index (κ3) is 3.75. The molecule has 19 heavy (non-hydrogen) atoms. The maximum absolute atomic E-state index is 12.2. The van der Waals surface area contributed by atoms with Crippen molar-refractivity contribution in [1.82, 2.24) is 4.90 Å². The van der Waals surface area contributed by atoms with Crippen molar-refractivity contribution in [3.05, 3.63) is 28.2 Å². The van der Waals surface area contributed by atoms with Crippen molar-refractivity contribution in [1.29, 1.82) is 0 Å². The second-order valence-electron chi connectivity index (χ2n) is 4.92. The van der Waals surface area contributed by atoms with E-state index in [-0.39, 0.29) is 18.1 Å². The number of piperidine rings is 1. The van der Waals surface area contributed by atoms with E-state index in [1.54, 1.807) is 23.1 Å². The summed E-state index contributed by atoms with van der Waals surface area (Å²) in [7, 11) is 0. The van der Waals surface area contributed by atoms with Crippen LogP contribution in [-0.4, -0.2) is 29.6 Å². The smallest absolute Gasteiger partial charge is 0.322 e. The molecule has 2 rings (SSSR count). The lowest BCUT2D eigenvalue weighted by atomic mass is 10.00. The Kier molecular flexibility index (Phi) is 4.55. The van der Waals surface area contributed by atoms with E-state index in [0.717, 1.165) is 12.8 Å². The largest absolute Gasteiger partial charge is 0.328 e. The molecule has 3 N–H and O–H groups in total. The average molecular weight is 302 g/mol. The Labute approximate surface area is 122 Å². The molecule has 1 aromatic carbocycles. The molecule has 1 aromatic rings. The number of likely N-dealkylation sites (tertiary alicyclic amines) is 1. The molecule has 4 nitrogen and oxygen atoms in total. The fourth-order valence-corrected chi connectivity index (χ4v) is 2.86. The van der Waals surface area contributed by atoms with E-state index in [2.05, 4.69) is 5.32 Å². The predicted molar refractivity (Wildman–Crippen MR) is 78.9 cm³/mol. The van der Waals surface area contributed by atoms with E-state index in [0.29, 0.717) is 22.3 Å². The summed E-state index contributed by atoms with van der Waals surface area (Å²) in [6.45, 7) is 2.67. The van der Waals surface area contributed by atoms with Gasteiger partial charge in [0.2, 0.25) is 0 Å². The number of nitrogens with two attached hydrogens (primary N) is 1. The summed E-state index contributed by atoms with van der Waals surface area (Å²) in [5.74, 6) is 0. The van der Waals surface area contributed by atoms with Gasteiger partial charge in [-0.3, -0.25) is 0 Å². The molecular weight excluding hydrogens is 285 g/mol. The Bertz CT molecular complexity index is 461. The Morgan fingerprint density at radius 1 is 1.37 bits per heavy atom. The highest BCUT2D eigenvalue weighted by Crippen LogP contribution is 2.23. The number of hydrogen-bond acceptors (Lipinski definition) is 2. The maximum atomic E-state index is 12.2. The van der Waals surface area contributed by atoms with Crippen LogP contribution in [-0.2, 0) is 0 Å². The van der Waals surface area contributed by atoms with Crippen LogP contribution in [0.15, 0.2) is 18.2 Å². The highest BCUT2D eigenvalue weighted by Gasteiger charge is 2.27. The maximum Gasteiger partial charge on any atom is 0.322 e. The first-order valence-electron chi connectivity index (χ1n) is 6.25. The summed E-state index contributed by atoms with van der Waals surface area (Å²) in [4.78, 5) is 14.0. The van der Waals surface area contributed by atoms with Gasteiger partial charge < -0.3 is 16.0 Å². The number of benzene rings is 1. The average Bonchev–Trinajstić information content (AvgIpc) is 2.26. The zero-order valence-corrected chi connectivity index (χ0v) is 12.2. The number of carbonyl (C=O) groups is 1. The molecular formula is C13H17Cl2N3O. The lowest BCUT2D eigenvalue weighted by Gasteiger charge is -2.36. The van der Waals surface area contributed by atoms with Gasteiger partial charge in [0, 0.05) is 34.4 Å². The van der Waals surface area contributed by atoms with Crippen molar-refractivity contribution >= 4 is 34.9 Å². The van der Waals surface area contributed by atoms with Gasteiger partial charge in [-0.1, -0.05) is 23.2 Å². The third-order valence-electron chi connectivity index (χ3n) is 3.29. The fraction of sp³-hybridized carbons (Fsp3) is 0.462. The number of urea groups is 1. The molecule has 0 aromatic heterocycles. The molecule has 1 aliphatic rings. The van der Waals surface area contributed by atoms with Crippen molar-refractivity contribution in [2.24, 2.45) is 5.73 Å². The van der Waals surface area contributed by atoms with Crippen LogP contribution in [0.2, 0.25) is 10.0 Å². The van der Waals surface area contributed by atoms with Crippen molar-refractivity contribution in [2.45, 2.75) is 31.8 Å². The molecule has 2 unspecified atom stereocenters. The summed E-state index contributed by atoms with van der Waals surface area (Å²) in [5, 5.41) is 3.81. The summed E-state index contributed by atoms with van der Waals surface area (Å²) < 4.78 is 0. The molecule has 104 valence electrons. The number of carbonyl (C=O) groups excluding carboxylic acids is 1. The highest BCUT2D eigenvalue weighted by atomic mass is 35.5. The van der Waals surface area contributed by atoms with Gasteiger partial charge in [-0.15, -0.1) is 0 Å². The van der Waals surface area contributed by atoms with E-state index in [9.17, 15) is 4.79 Å². The Balaban J connectivity index is 2.04. The number of nitrogens with zero attached hydrogens (tertiary/aromatic N) is 1. The van der Waals surface area contributed by atoms with Crippen molar-refractivity contribution < 1.29 is 4.79 Å². The molecule has 2 atom stereocenters. The van der Waals surface area contributed by atoms with E-state index in [1.807, 2.05) is 6.92 Å². The van der Waals surface area contributed by atoms with Gasteiger partial charge in [-0.25, -0.2) is 4.79 Å². The molecule has 6 heteroatoms. The number of amides is 2. The number of nitrogens with one attached hydrogen (secondary N) is 1. The lowest BCUT2D eigenvalue weighted by molar-refractivity contribution is 0.163. The van der Waals surface area contributed by atoms with E-state index >= 15 is 0 Å². The molecule has 0 saturated carbocycles. The van der Waals surface area contributed by atoms with Crippen LogP contribution in [0.4, 0.5) is 10.5 Å². The van der Waals surface area contributed by atoms with Crippen LogP contribution in [0.1, 0.15) is 19.8 Å². The first-order chi connectivity index (χ1) is 8.95. The summed E-state index contributed by atoms with van der Waals surface area (Å²) in [5.41, 5.74) is 6.49. The SMILES string of the molecule is CC1CC(N)CCN1C(=O)Nc1cc(Cl)cc(Cl)c1. The number of anilines is 1. The van der Waals surface area contributed by atoms with Crippen LogP contribution in [0.3, 0.4) is 0 Å². The van der Waals surface area contributed by atoms with Gasteiger partial charge in [0.15, 0.2) is 0 Å². The van der Waals surface area contributed by atoms with Gasteiger partial charge in [0.1, 0.15) is 0 Å². The minimum absolute atomic E-state index is 0.137. The molecule has 1 heterocycles. The fourth-order valence-electron chi connectivity index (χ4n) is 2.33. The van der Waals surface area contributed by atoms with Crippen LogP contribution < -0.4 is 11.1 Å². The zero-order valence-electron chi connectivity index (χ0n) is 10.7. The molecule has 0 aliphatic carbocycles. The minimum Gasteiger partial charge on any atom is -0.328 e. The van der Waals surface area contributed by atoms with Crippen LogP contribution in [0.5, 0.6) is 0 Å². The standard InChI is InChI=1S/C13H17Cl2N3O/c1-8-4-11(16)2-3-18(8)13(19)17-12-6-9(14)5-10(15)7-12/h5-8,11H,2-4,16H2,1H3,(H,17,19). The van der Waals surface area contributed by atoms with E-state index in [1.165, 1.54) is 0 Å². The number of hydrogen-bond donors (Lipinski definition) is 2. The normalized spacial score (nSPS) is 23.3. The topological polar surface area (TPSA) is 58.4 Å². The second-order valence-corrected chi connectivity index (χ2v) is 5.79. The first kappa shape index (κ1) is 14.4. The van der Waals surface area contributed by atoms with Gasteiger partial charge in [0.25, 0.3) is 0 Å². The van der Waals surface area contributed by atoms with Crippen molar-refractivity contribution in [2.75, 3.05) is 11.9 Å². The van der Waals surface area contributed by atoms with Crippen LogP contribution in [0, 0.1) is 0 Å². The Morgan fingerprint density at radius 2 is 2.00 bits per heavy atom. The van der Waals surface area contributed by atoms with Gasteiger partial charge in [-0.05, 0) is 38.0 Å². The monoisotopic (exact) mass is 301 g/mol. The van der Waals surface area contributed by atoms with Crippen LogP contribution >= 0.6 is 23.2 Å². The molecule has 0 bridgehead atoms. The Hall–Kier alpha value is -0.970. The summed E-state index contributed by atoms with van der Waals surface area (Å²) in [6.07, 6.45) is 1.65. The molecule has 0 spiro atoms. The molecule has 1 aliphatic heterocycles. The second kappa shape index (κ2) is 5.99. The molecule has 0 radical (unpaired) electrons. The molecule has 1 saturated heterocycles. The summed E-state index contributed by atoms with van der Waals surface area (Å²) in [6, 6.07) is 5.15. The quantitative estimate of drug-likeness (QED) is 0.836. The van der Waals surface area contributed by atoms with E-state index < -0.39 is 0 Å². The van der Waals surface area contributed by atoms with Gasteiger partial charge in [0.05, 0.1) is 0 Å².